The summed E-state index contributed by atoms with van der Waals surface area (Å²) in [4.78, 5) is 35.1. The maximum absolute atomic E-state index is 12.6. The zero-order valence-corrected chi connectivity index (χ0v) is 16.6. The monoisotopic (exact) mass is 474 g/mol. The molecule has 1 aliphatic rings. The van der Waals surface area contributed by atoms with Gasteiger partial charge in [0.1, 0.15) is 0 Å². The van der Waals surface area contributed by atoms with E-state index in [2.05, 4.69) is 27.9 Å². The zero-order valence-electron chi connectivity index (χ0n) is 14.5. The lowest BCUT2D eigenvalue weighted by atomic mass is 9.68. The number of hydrogen-bond donors (Lipinski definition) is 2. The van der Waals surface area contributed by atoms with Crippen LogP contribution in [-0.4, -0.2) is 39.0 Å². The van der Waals surface area contributed by atoms with Gasteiger partial charge in [0.15, 0.2) is 0 Å². The molecule has 0 fully saturated rings. The van der Waals surface area contributed by atoms with Gasteiger partial charge in [-0.05, 0) is 19.4 Å². The van der Waals surface area contributed by atoms with Crippen molar-refractivity contribution in [3.63, 3.8) is 0 Å². The molecule has 2 rings (SSSR count). The first kappa shape index (κ1) is 20.1. The molecule has 0 saturated heterocycles. The molecule has 0 radical (unpaired) electrons. The average molecular weight is 474 g/mol. The first-order chi connectivity index (χ1) is 12.2. The van der Waals surface area contributed by atoms with E-state index in [1.165, 1.54) is 25.3 Å². The molecule has 0 aromatic heterocycles. The summed E-state index contributed by atoms with van der Waals surface area (Å²) in [5, 5.41) is 24.0. The number of carboxylic acid groups (broad SMARTS) is 1. The van der Waals surface area contributed by atoms with Gasteiger partial charge in [0, 0.05) is 28.2 Å². The molecule has 0 bridgehead atoms. The molecule has 3 atom stereocenters. The van der Waals surface area contributed by atoms with Gasteiger partial charge in [-0.2, -0.15) is 0 Å². The van der Waals surface area contributed by atoms with Crippen LogP contribution >= 0.6 is 22.6 Å². The van der Waals surface area contributed by atoms with E-state index in [-0.39, 0.29) is 11.3 Å². The Morgan fingerprint density at radius 3 is 2.62 bits per heavy atom. The van der Waals surface area contributed by atoms with Crippen molar-refractivity contribution in [3.8, 4) is 0 Å². The molecule has 0 saturated carbocycles. The number of alkyl halides is 1. The summed E-state index contributed by atoms with van der Waals surface area (Å²) in [7, 11) is 1.24. The van der Waals surface area contributed by atoms with E-state index in [1.807, 2.05) is 6.92 Å². The minimum Gasteiger partial charge on any atom is -0.478 e. The molecular weight excluding hydrogens is 455 g/mol. The number of carboxylic acids is 1. The number of esters is 1. The summed E-state index contributed by atoms with van der Waals surface area (Å²) >= 11 is 2.12. The van der Waals surface area contributed by atoms with Crippen LogP contribution in [-0.2, 0) is 14.3 Å². The van der Waals surface area contributed by atoms with E-state index in [0.717, 1.165) is 0 Å². The third-order valence-electron chi connectivity index (χ3n) is 4.61. The normalized spacial score (nSPS) is 25.4. The van der Waals surface area contributed by atoms with Crippen LogP contribution in [0.2, 0.25) is 0 Å². The minimum atomic E-state index is -1.18. The molecule has 0 aliphatic carbocycles. The Labute approximate surface area is 163 Å². The molecule has 2 N–H and O–H groups in total. The third-order valence-corrected chi connectivity index (χ3v) is 6.20. The fourth-order valence-corrected chi connectivity index (χ4v) is 4.13. The van der Waals surface area contributed by atoms with Gasteiger partial charge in [-0.25, -0.2) is 4.79 Å². The number of benzene rings is 1. The number of nitrogens with one attached hydrogen (secondary N) is 1. The van der Waals surface area contributed by atoms with E-state index in [9.17, 15) is 24.8 Å². The quantitative estimate of drug-likeness (QED) is 0.222. The van der Waals surface area contributed by atoms with Crippen molar-refractivity contribution in [2.45, 2.75) is 25.3 Å². The van der Waals surface area contributed by atoms with Crippen molar-refractivity contribution in [2.75, 3.05) is 11.5 Å². The van der Waals surface area contributed by atoms with Crippen LogP contribution in [0.1, 0.15) is 25.3 Å². The van der Waals surface area contributed by atoms with Crippen LogP contribution in [0, 0.1) is 16.0 Å². The number of aliphatic carboxylic acids is 1. The molecule has 9 heteroatoms. The predicted molar refractivity (Wildman–Crippen MR) is 102 cm³/mol. The van der Waals surface area contributed by atoms with Gasteiger partial charge in [-0.15, -0.1) is 0 Å². The minimum absolute atomic E-state index is 0.00298. The number of rotatable bonds is 5. The van der Waals surface area contributed by atoms with Crippen LogP contribution < -0.4 is 5.32 Å². The van der Waals surface area contributed by atoms with Crippen molar-refractivity contribution in [3.05, 3.63) is 51.2 Å². The van der Waals surface area contributed by atoms with Crippen molar-refractivity contribution in [1.29, 1.82) is 0 Å². The number of carbonyl (C=O) groups excluding carboxylic acids is 1. The van der Waals surface area contributed by atoms with Crippen LogP contribution in [0.4, 0.5) is 5.69 Å². The molecule has 26 heavy (non-hydrogen) atoms. The summed E-state index contributed by atoms with van der Waals surface area (Å²) in [5.41, 5.74) is -0.116. The largest absolute Gasteiger partial charge is 0.478 e. The van der Waals surface area contributed by atoms with Gasteiger partial charge >= 0.3 is 11.9 Å². The van der Waals surface area contributed by atoms with Crippen LogP contribution in [0.25, 0.3) is 0 Å². The topological polar surface area (TPSA) is 119 Å². The van der Waals surface area contributed by atoms with Gasteiger partial charge in [0.2, 0.25) is 0 Å². The Balaban J connectivity index is 2.77. The smallest absolute Gasteiger partial charge is 0.333 e. The molecule has 0 spiro atoms. The highest BCUT2D eigenvalue weighted by Crippen LogP contribution is 2.45. The Kier molecular flexibility index (Phi) is 5.89. The van der Waals surface area contributed by atoms with Gasteiger partial charge in [0.25, 0.3) is 5.69 Å². The summed E-state index contributed by atoms with van der Waals surface area (Å²) in [6.07, 6.45) is 0. The lowest BCUT2D eigenvalue weighted by molar-refractivity contribution is -0.384. The molecule has 8 nitrogen and oxygen atoms in total. The SMILES string of the molecule is COC(=O)C1C(c2cccc([N+](=O)[O-])c2)C(C(=O)O)=C(C)NC1(C)CI. The molecule has 140 valence electrons. The summed E-state index contributed by atoms with van der Waals surface area (Å²) in [6, 6.07) is 5.73. The zero-order chi connectivity index (χ0) is 19.6. The number of nitro benzene ring substituents is 1. The van der Waals surface area contributed by atoms with Crippen molar-refractivity contribution in [1.82, 2.24) is 5.32 Å². The van der Waals surface area contributed by atoms with Crippen LogP contribution in [0.15, 0.2) is 35.5 Å². The lowest BCUT2D eigenvalue weighted by Crippen LogP contribution is -2.58. The number of carbonyl (C=O) groups is 2. The van der Waals surface area contributed by atoms with E-state index < -0.39 is 34.2 Å². The molecule has 3 unspecified atom stereocenters. The first-order valence-corrected chi connectivity index (χ1v) is 9.29. The number of non-ortho nitro benzene ring substituents is 1. The second-order valence-corrected chi connectivity index (χ2v) is 7.11. The fourth-order valence-electron chi connectivity index (χ4n) is 3.47. The molecule has 1 aromatic rings. The molecule has 1 aromatic carbocycles. The number of methoxy groups -OCH3 is 1. The summed E-state index contributed by atoms with van der Waals surface area (Å²) in [5.74, 6) is -3.49. The molecule has 1 aliphatic heterocycles. The van der Waals surface area contributed by atoms with E-state index in [1.54, 1.807) is 13.0 Å². The van der Waals surface area contributed by atoms with Crippen molar-refractivity contribution >= 4 is 40.2 Å². The van der Waals surface area contributed by atoms with Crippen molar-refractivity contribution in [2.24, 2.45) is 5.92 Å². The van der Waals surface area contributed by atoms with E-state index in [0.29, 0.717) is 15.7 Å². The highest BCUT2D eigenvalue weighted by Gasteiger charge is 2.51. The van der Waals surface area contributed by atoms with Gasteiger partial charge in [-0.3, -0.25) is 14.9 Å². The van der Waals surface area contributed by atoms with Gasteiger partial charge in [-0.1, -0.05) is 34.7 Å². The van der Waals surface area contributed by atoms with E-state index in [4.69, 9.17) is 4.74 Å². The maximum atomic E-state index is 12.6. The second kappa shape index (κ2) is 7.60. The number of hydrogen-bond acceptors (Lipinski definition) is 6. The molecule has 1 heterocycles. The van der Waals surface area contributed by atoms with Gasteiger partial charge < -0.3 is 15.2 Å². The third kappa shape index (κ3) is 3.53. The molecular formula is C17H19IN2O6. The Hall–Kier alpha value is -2.17. The predicted octanol–water partition coefficient (Wildman–Crippen LogP) is 2.62. The van der Waals surface area contributed by atoms with Crippen LogP contribution in [0.5, 0.6) is 0 Å². The number of nitrogens with zero attached hydrogens (tertiary/aromatic N) is 1. The number of ether oxygens (including phenoxy) is 1. The lowest BCUT2D eigenvalue weighted by Gasteiger charge is -2.45. The number of allylic oxidation sites excluding steroid dienone is 1. The summed E-state index contributed by atoms with van der Waals surface area (Å²) < 4.78 is 5.45. The number of halogens is 1. The Bertz CT molecular complexity index is 793. The second-order valence-electron chi connectivity index (χ2n) is 6.35. The Morgan fingerprint density at radius 2 is 2.12 bits per heavy atom. The first-order valence-electron chi connectivity index (χ1n) is 7.76. The standard InChI is InChI=1S/C17H19IN2O6/c1-9-12(15(21)22)13(10-5-4-6-11(7-10)20(24)25)14(16(23)26-3)17(2,8-18)19-9/h4-7,13-14,19H,8H2,1-3H3,(H,21,22). The fraction of sp³-hybridized carbons (Fsp3) is 0.412. The maximum Gasteiger partial charge on any atom is 0.333 e. The highest BCUT2D eigenvalue weighted by atomic mass is 127. The molecule has 0 amide bonds. The highest BCUT2D eigenvalue weighted by molar-refractivity contribution is 14.1. The van der Waals surface area contributed by atoms with Crippen LogP contribution in [0.3, 0.4) is 0 Å². The average Bonchev–Trinajstić information content (AvgIpc) is 2.60. The Morgan fingerprint density at radius 1 is 1.46 bits per heavy atom. The van der Waals surface area contributed by atoms with Crippen molar-refractivity contribution < 1.29 is 24.4 Å². The van der Waals surface area contributed by atoms with Gasteiger partial charge in [0.05, 0.1) is 29.1 Å². The summed E-state index contributed by atoms with van der Waals surface area (Å²) in [6.45, 7) is 3.44. The van der Waals surface area contributed by atoms with E-state index >= 15 is 0 Å². The number of nitro groups is 1.